The van der Waals surface area contributed by atoms with Crippen molar-refractivity contribution in [3.63, 3.8) is 0 Å². The number of carbonyl (C=O) groups excluding carboxylic acids is 1. The number of carbonyl (C=O) groups is 1. The van der Waals surface area contributed by atoms with E-state index in [1.54, 1.807) is 26.0 Å². The van der Waals surface area contributed by atoms with E-state index in [-0.39, 0.29) is 0 Å². The molecule has 126 valence electrons. The van der Waals surface area contributed by atoms with Crippen LogP contribution in [0.25, 0.3) is 22.4 Å². The largest absolute Gasteiger partial charge is 0.338 e. The quantitative estimate of drug-likeness (QED) is 0.619. The van der Waals surface area contributed by atoms with Gasteiger partial charge in [0, 0.05) is 10.0 Å². The van der Waals surface area contributed by atoms with E-state index in [0.29, 0.717) is 16.5 Å². The fraction of sp³-hybridized carbons (Fsp3) is 0.167. The van der Waals surface area contributed by atoms with Gasteiger partial charge in [-0.05, 0) is 50.2 Å². The Morgan fingerprint density at radius 1 is 1.32 bits per heavy atom. The summed E-state index contributed by atoms with van der Waals surface area (Å²) in [6.45, 7) is 3.11. The predicted octanol–water partition coefficient (Wildman–Crippen LogP) is 5.13. The van der Waals surface area contributed by atoms with E-state index < -0.39 is 11.3 Å². The number of hydrogen-bond acceptors (Lipinski definition) is 3. The SMILES string of the molecule is CC(C)(C#N)C(=O)Nc1cc(-c2nc3ccc(Br)cc3[nH]2)ccc1Cl. The zero-order chi connectivity index (χ0) is 18.2. The summed E-state index contributed by atoms with van der Waals surface area (Å²) in [6.07, 6.45) is 0. The monoisotopic (exact) mass is 416 g/mol. The first kappa shape index (κ1) is 17.5. The first-order valence-corrected chi connectivity index (χ1v) is 8.65. The van der Waals surface area contributed by atoms with Gasteiger partial charge in [-0.1, -0.05) is 27.5 Å². The summed E-state index contributed by atoms with van der Waals surface area (Å²) in [5.74, 6) is 0.252. The van der Waals surface area contributed by atoms with E-state index in [2.05, 4.69) is 31.2 Å². The van der Waals surface area contributed by atoms with Gasteiger partial charge >= 0.3 is 0 Å². The molecule has 5 nitrogen and oxygen atoms in total. The molecule has 0 unspecified atom stereocenters. The minimum atomic E-state index is -1.15. The van der Waals surface area contributed by atoms with Crippen molar-refractivity contribution in [2.75, 3.05) is 5.32 Å². The maximum Gasteiger partial charge on any atom is 0.244 e. The third-order valence-corrected chi connectivity index (χ3v) is 4.60. The Balaban J connectivity index is 1.98. The molecule has 0 bridgehead atoms. The maximum atomic E-state index is 12.2. The highest BCUT2D eigenvalue weighted by molar-refractivity contribution is 9.10. The third kappa shape index (κ3) is 3.53. The van der Waals surface area contributed by atoms with E-state index in [1.165, 1.54) is 0 Å². The van der Waals surface area contributed by atoms with Crippen molar-refractivity contribution in [1.29, 1.82) is 5.26 Å². The summed E-state index contributed by atoms with van der Waals surface area (Å²) in [5.41, 5.74) is 1.81. The third-order valence-electron chi connectivity index (χ3n) is 3.78. The number of aromatic amines is 1. The van der Waals surface area contributed by atoms with Crippen molar-refractivity contribution in [2.24, 2.45) is 5.41 Å². The fourth-order valence-electron chi connectivity index (χ4n) is 2.22. The van der Waals surface area contributed by atoms with Gasteiger partial charge in [-0.3, -0.25) is 4.79 Å². The average molecular weight is 418 g/mol. The van der Waals surface area contributed by atoms with Crippen LogP contribution in [0.2, 0.25) is 5.02 Å². The Hall–Kier alpha value is -2.36. The highest BCUT2D eigenvalue weighted by Crippen LogP contribution is 2.30. The molecule has 1 aromatic heterocycles. The van der Waals surface area contributed by atoms with E-state index in [0.717, 1.165) is 21.1 Å². The lowest BCUT2D eigenvalue weighted by Gasteiger charge is -2.16. The van der Waals surface area contributed by atoms with E-state index in [9.17, 15) is 4.79 Å². The topological polar surface area (TPSA) is 81.6 Å². The number of nitriles is 1. The van der Waals surface area contributed by atoms with Crippen LogP contribution in [0, 0.1) is 16.7 Å². The first-order valence-electron chi connectivity index (χ1n) is 7.48. The van der Waals surface area contributed by atoms with Crippen LogP contribution in [0.1, 0.15) is 13.8 Å². The van der Waals surface area contributed by atoms with Crippen LogP contribution >= 0.6 is 27.5 Å². The van der Waals surface area contributed by atoms with Crippen molar-refractivity contribution in [3.8, 4) is 17.5 Å². The summed E-state index contributed by atoms with van der Waals surface area (Å²) < 4.78 is 0.956. The van der Waals surface area contributed by atoms with Crippen molar-refractivity contribution < 1.29 is 4.79 Å². The number of nitrogens with one attached hydrogen (secondary N) is 2. The smallest absolute Gasteiger partial charge is 0.244 e. The second kappa shape index (κ2) is 6.51. The molecule has 25 heavy (non-hydrogen) atoms. The number of fused-ring (bicyclic) bond motifs is 1. The number of anilines is 1. The molecule has 0 aliphatic rings. The number of halogens is 2. The van der Waals surface area contributed by atoms with Gasteiger partial charge in [-0.15, -0.1) is 0 Å². The molecule has 0 aliphatic carbocycles. The average Bonchev–Trinajstić information content (AvgIpc) is 2.99. The number of hydrogen-bond donors (Lipinski definition) is 2. The Morgan fingerprint density at radius 3 is 2.80 bits per heavy atom. The summed E-state index contributed by atoms with van der Waals surface area (Å²) in [6, 6.07) is 13.0. The van der Waals surface area contributed by atoms with Crippen LogP contribution in [-0.2, 0) is 4.79 Å². The van der Waals surface area contributed by atoms with Crippen LogP contribution in [0.3, 0.4) is 0 Å². The summed E-state index contributed by atoms with van der Waals surface area (Å²) >= 11 is 9.62. The molecule has 3 aromatic rings. The van der Waals surface area contributed by atoms with Gasteiger partial charge in [0.1, 0.15) is 11.2 Å². The Labute approximate surface area is 158 Å². The van der Waals surface area contributed by atoms with Gasteiger partial charge in [0.05, 0.1) is 27.8 Å². The van der Waals surface area contributed by atoms with Crippen molar-refractivity contribution in [1.82, 2.24) is 9.97 Å². The van der Waals surface area contributed by atoms with E-state index in [1.807, 2.05) is 30.3 Å². The maximum absolute atomic E-state index is 12.2. The Kier molecular flexibility index (Phi) is 4.55. The number of aromatic nitrogens is 2. The zero-order valence-corrected chi connectivity index (χ0v) is 15.9. The molecule has 2 N–H and O–H groups in total. The van der Waals surface area contributed by atoms with Gasteiger partial charge in [0.15, 0.2) is 0 Å². The van der Waals surface area contributed by atoms with Crippen molar-refractivity contribution in [2.45, 2.75) is 13.8 Å². The first-order chi connectivity index (χ1) is 11.8. The number of amides is 1. The van der Waals surface area contributed by atoms with Gasteiger partial charge in [-0.2, -0.15) is 5.26 Å². The van der Waals surface area contributed by atoms with Crippen LogP contribution in [-0.4, -0.2) is 15.9 Å². The van der Waals surface area contributed by atoms with Crippen molar-refractivity contribution >= 4 is 50.2 Å². The van der Waals surface area contributed by atoms with Gasteiger partial charge in [-0.25, -0.2) is 4.98 Å². The summed E-state index contributed by atoms with van der Waals surface area (Å²) in [5, 5.41) is 12.2. The van der Waals surface area contributed by atoms with Gasteiger partial charge in [0.25, 0.3) is 0 Å². The van der Waals surface area contributed by atoms with E-state index in [4.69, 9.17) is 16.9 Å². The molecule has 0 atom stereocenters. The lowest BCUT2D eigenvalue weighted by atomic mass is 9.94. The summed E-state index contributed by atoms with van der Waals surface area (Å²) in [4.78, 5) is 20.0. The van der Waals surface area contributed by atoms with Crippen molar-refractivity contribution in [3.05, 3.63) is 45.9 Å². The molecule has 0 aliphatic heterocycles. The predicted molar refractivity (Wildman–Crippen MR) is 102 cm³/mol. The molecule has 0 saturated carbocycles. The highest BCUT2D eigenvalue weighted by atomic mass is 79.9. The zero-order valence-electron chi connectivity index (χ0n) is 13.5. The second-order valence-corrected chi connectivity index (χ2v) is 7.46. The molecule has 0 fully saturated rings. The molecule has 0 spiro atoms. The molecule has 1 heterocycles. The second-order valence-electron chi connectivity index (χ2n) is 6.13. The van der Waals surface area contributed by atoms with Crippen LogP contribution < -0.4 is 5.32 Å². The highest BCUT2D eigenvalue weighted by Gasteiger charge is 2.27. The van der Waals surface area contributed by atoms with Gasteiger partial charge < -0.3 is 10.3 Å². The molecule has 2 aromatic carbocycles. The number of benzene rings is 2. The van der Waals surface area contributed by atoms with Gasteiger partial charge in [0.2, 0.25) is 5.91 Å². The molecule has 1 amide bonds. The molecular formula is C18H14BrClN4O. The van der Waals surface area contributed by atoms with E-state index >= 15 is 0 Å². The summed E-state index contributed by atoms with van der Waals surface area (Å²) in [7, 11) is 0. The number of H-pyrrole nitrogens is 1. The molecule has 0 saturated heterocycles. The lowest BCUT2D eigenvalue weighted by Crippen LogP contribution is -2.29. The molecule has 3 rings (SSSR count). The minimum absolute atomic E-state index is 0.393. The Bertz CT molecular complexity index is 1020. The molecule has 0 radical (unpaired) electrons. The number of imidazole rings is 1. The Morgan fingerprint density at radius 2 is 2.08 bits per heavy atom. The standard InChI is InChI=1S/C18H14BrClN4O/c1-18(2,9-21)17(25)24-14-7-10(3-5-12(14)20)16-22-13-6-4-11(19)8-15(13)23-16/h3-8H,1-2H3,(H,22,23)(H,24,25). The minimum Gasteiger partial charge on any atom is -0.338 e. The normalized spacial score (nSPS) is 11.3. The van der Waals surface area contributed by atoms with Crippen LogP contribution in [0.5, 0.6) is 0 Å². The molecule has 7 heteroatoms. The number of rotatable bonds is 3. The lowest BCUT2D eigenvalue weighted by molar-refractivity contribution is -0.121. The number of nitrogens with zero attached hydrogens (tertiary/aromatic N) is 2. The fourth-order valence-corrected chi connectivity index (χ4v) is 2.74. The van der Waals surface area contributed by atoms with Crippen LogP contribution in [0.4, 0.5) is 5.69 Å². The molecular weight excluding hydrogens is 404 g/mol. The van der Waals surface area contributed by atoms with Crippen LogP contribution in [0.15, 0.2) is 40.9 Å².